The highest BCUT2D eigenvalue weighted by Gasteiger charge is 2.34. The van der Waals surface area contributed by atoms with Gasteiger partial charge in [0.15, 0.2) is 0 Å². The summed E-state index contributed by atoms with van der Waals surface area (Å²) < 4.78 is 44.0. The van der Waals surface area contributed by atoms with E-state index in [9.17, 15) is 13.2 Å². The van der Waals surface area contributed by atoms with E-state index in [1.807, 2.05) is 0 Å². The van der Waals surface area contributed by atoms with Gasteiger partial charge in [-0.15, -0.1) is 0 Å². The van der Waals surface area contributed by atoms with Crippen LogP contribution in [0, 0.1) is 18.3 Å². The van der Waals surface area contributed by atoms with Gasteiger partial charge in [0.05, 0.1) is 17.2 Å². The molecule has 0 amide bonds. The van der Waals surface area contributed by atoms with Gasteiger partial charge in [-0.1, -0.05) is 17.7 Å². The lowest BCUT2D eigenvalue weighted by atomic mass is 10.1. The second-order valence-corrected chi connectivity index (χ2v) is 4.77. The van der Waals surface area contributed by atoms with E-state index >= 15 is 0 Å². The van der Waals surface area contributed by atoms with Crippen LogP contribution in [0.5, 0.6) is 11.5 Å². The van der Waals surface area contributed by atoms with Crippen LogP contribution < -0.4 is 4.74 Å². The number of rotatable bonds is 2. The van der Waals surface area contributed by atoms with Crippen LogP contribution in [-0.2, 0) is 6.18 Å². The second-order valence-electron chi connectivity index (χ2n) is 4.33. The van der Waals surface area contributed by atoms with Crippen molar-refractivity contribution < 1.29 is 17.9 Å². The van der Waals surface area contributed by atoms with E-state index in [1.54, 1.807) is 19.1 Å². The number of hydrogen-bond acceptors (Lipinski definition) is 2. The van der Waals surface area contributed by atoms with Crippen LogP contribution in [0.1, 0.15) is 16.7 Å². The van der Waals surface area contributed by atoms with Crippen LogP contribution >= 0.6 is 11.6 Å². The number of nitriles is 1. The van der Waals surface area contributed by atoms with E-state index in [1.165, 1.54) is 18.2 Å². The Morgan fingerprint density at radius 2 is 1.86 bits per heavy atom. The molecule has 0 aliphatic carbocycles. The third kappa shape index (κ3) is 3.47. The third-order valence-electron chi connectivity index (χ3n) is 2.79. The summed E-state index contributed by atoms with van der Waals surface area (Å²) in [6.45, 7) is 1.75. The normalized spacial score (nSPS) is 11.0. The molecule has 2 aromatic rings. The van der Waals surface area contributed by atoms with Crippen molar-refractivity contribution in [2.75, 3.05) is 0 Å². The minimum atomic E-state index is -4.62. The van der Waals surface area contributed by atoms with Gasteiger partial charge in [0.1, 0.15) is 11.5 Å². The van der Waals surface area contributed by atoms with Crippen molar-refractivity contribution >= 4 is 11.6 Å². The summed E-state index contributed by atoms with van der Waals surface area (Å²) in [6.07, 6.45) is -4.62. The molecule has 0 atom stereocenters. The molecule has 0 aromatic heterocycles. The third-order valence-corrected chi connectivity index (χ3v) is 3.03. The maximum atomic E-state index is 12.9. The minimum Gasteiger partial charge on any atom is -0.457 e. The van der Waals surface area contributed by atoms with Crippen LogP contribution in [0.25, 0.3) is 0 Å². The molecule has 108 valence electrons. The highest BCUT2D eigenvalue weighted by atomic mass is 35.5. The number of ether oxygens (including phenoxy) is 1. The van der Waals surface area contributed by atoms with Crippen molar-refractivity contribution in [3.63, 3.8) is 0 Å². The van der Waals surface area contributed by atoms with E-state index in [4.69, 9.17) is 21.6 Å². The molecule has 0 fully saturated rings. The van der Waals surface area contributed by atoms with Crippen molar-refractivity contribution in [3.05, 3.63) is 58.1 Å². The lowest BCUT2D eigenvalue weighted by molar-refractivity contribution is -0.137. The fraction of sp³-hybridized carbons (Fsp3) is 0.133. The fourth-order valence-corrected chi connectivity index (χ4v) is 1.89. The van der Waals surface area contributed by atoms with E-state index < -0.39 is 17.3 Å². The molecule has 6 heteroatoms. The first kappa shape index (κ1) is 15.2. The van der Waals surface area contributed by atoms with Crippen molar-refractivity contribution in [3.8, 4) is 17.6 Å². The predicted octanol–water partition coefficient (Wildman–Crippen LogP) is 5.33. The molecule has 2 rings (SSSR count). The topological polar surface area (TPSA) is 33.0 Å². The Balaban J connectivity index is 2.42. The Morgan fingerprint density at radius 3 is 2.48 bits per heavy atom. The van der Waals surface area contributed by atoms with Crippen molar-refractivity contribution in [1.29, 1.82) is 5.26 Å². The number of benzene rings is 2. The van der Waals surface area contributed by atoms with E-state index in [0.29, 0.717) is 10.8 Å². The standard InChI is InChI=1S/C15H9ClF3NO/c1-9-2-4-11(16)6-14(9)21-12-5-3-10(8-20)13(7-12)15(17,18)19/h2-7H,1H3. The molecule has 0 spiro atoms. The molecule has 0 saturated heterocycles. The second kappa shape index (κ2) is 5.66. The Hall–Kier alpha value is -2.19. The summed E-state index contributed by atoms with van der Waals surface area (Å²) in [5.41, 5.74) is -0.739. The van der Waals surface area contributed by atoms with Crippen molar-refractivity contribution in [1.82, 2.24) is 0 Å². The molecule has 0 aliphatic rings. The Bertz CT molecular complexity index is 720. The largest absolute Gasteiger partial charge is 0.457 e. The maximum absolute atomic E-state index is 12.9. The Kier molecular flexibility index (Phi) is 4.10. The van der Waals surface area contributed by atoms with E-state index in [-0.39, 0.29) is 5.75 Å². The van der Waals surface area contributed by atoms with Gasteiger partial charge in [-0.3, -0.25) is 0 Å². The first-order chi connectivity index (χ1) is 9.81. The molecule has 0 bridgehead atoms. The molecule has 0 aliphatic heterocycles. The summed E-state index contributed by atoms with van der Waals surface area (Å²) in [5.74, 6) is 0.354. The van der Waals surface area contributed by atoms with Gasteiger partial charge >= 0.3 is 6.18 Å². The van der Waals surface area contributed by atoms with E-state index in [0.717, 1.165) is 17.7 Å². The molecule has 2 aromatic carbocycles. The van der Waals surface area contributed by atoms with E-state index in [2.05, 4.69) is 0 Å². The van der Waals surface area contributed by atoms with Gasteiger partial charge in [0, 0.05) is 5.02 Å². The lowest BCUT2D eigenvalue weighted by Crippen LogP contribution is -2.08. The van der Waals surface area contributed by atoms with Crippen LogP contribution in [0.3, 0.4) is 0 Å². The van der Waals surface area contributed by atoms with Gasteiger partial charge in [0.25, 0.3) is 0 Å². The molecule has 0 heterocycles. The molecule has 0 unspecified atom stereocenters. The first-order valence-electron chi connectivity index (χ1n) is 5.86. The average Bonchev–Trinajstić information content (AvgIpc) is 2.42. The maximum Gasteiger partial charge on any atom is 0.417 e. The van der Waals surface area contributed by atoms with Gasteiger partial charge in [0.2, 0.25) is 0 Å². The number of aryl methyl sites for hydroxylation is 1. The average molecular weight is 312 g/mol. The van der Waals surface area contributed by atoms with Gasteiger partial charge in [-0.2, -0.15) is 18.4 Å². The lowest BCUT2D eigenvalue weighted by Gasteiger charge is -2.13. The summed E-state index contributed by atoms with van der Waals surface area (Å²) >= 11 is 5.83. The zero-order chi connectivity index (χ0) is 15.6. The number of nitrogens with zero attached hydrogens (tertiary/aromatic N) is 1. The van der Waals surface area contributed by atoms with Crippen LogP contribution in [0.15, 0.2) is 36.4 Å². The summed E-state index contributed by atoms with van der Waals surface area (Å²) in [4.78, 5) is 0. The highest BCUT2D eigenvalue weighted by Crippen LogP contribution is 2.36. The summed E-state index contributed by atoms with van der Waals surface area (Å²) in [6, 6.07) is 9.59. The predicted molar refractivity (Wildman–Crippen MR) is 72.4 cm³/mol. The molecule has 2 nitrogen and oxygen atoms in total. The highest BCUT2D eigenvalue weighted by molar-refractivity contribution is 6.30. The smallest absolute Gasteiger partial charge is 0.417 e. The van der Waals surface area contributed by atoms with Crippen molar-refractivity contribution in [2.24, 2.45) is 0 Å². The zero-order valence-electron chi connectivity index (χ0n) is 10.8. The summed E-state index contributed by atoms with van der Waals surface area (Å²) in [5, 5.41) is 9.15. The molecule has 21 heavy (non-hydrogen) atoms. The van der Waals surface area contributed by atoms with Crippen LogP contribution in [0.2, 0.25) is 5.02 Å². The first-order valence-corrected chi connectivity index (χ1v) is 6.24. The zero-order valence-corrected chi connectivity index (χ0v) is 11.6. The number of hydrogen-bond donors (Lipinski definition) is 0. The Morgan fingerprint density at radius 1 is 1.14 bits per heavy atom. The van der Waals surface area contributed by atoms with Gasteiger partial charge < -0.3 is 4.74 Å². The van der Waals surface area contributed by atoms with Crippen LogP contribution in [0.4, 0.5) is 13.2 Å². The molecule has 0 N–H and O–H groups in total. The van der Waals surface area contributed by atoms with Crippen LogP contribution in [-0.4, -0.2) is 0 Å². The number of alkyl halides is 3. The van der Waals surface area contributed by atoms with Crippen molar-refractivity contribution in [2.45, 2.75) is 13.1 Å². The Labute approximate surface area is 124 Å². The molecular weight excluding hydrogens is 303 g/mol. The SMILES string of the molecule is Cc1ccc(Cl)cc1Oc1ccc(C#N)c(C(F)(F)F)c1. The minimum absolute atomic E-state index is 0.00769. The quantitative estimate of drug-likeness (QED) is 0.751. The number of halogens is 4. The monoisotopic (exact) mass is 311 g/mol. The summed E-state index contributed by atoms with van der Waals surface area (Å²) in [7, 11) is 0. The molecular formula is C15H9ClF3NO. The molecule has 0 saturated carbocycles. The molecule has 0 radical (unpaired) electrons. The fourth-order valence-electron chi connectivity index (χ4n) is 1.73. The van der Waals surface area contributed by atoms with Gasteiger partial charge in [-0.25, -0.2) is 0 Å². The van der Waals surface area contributed by atoms with Gasteiger partial charge in [-0.05, 0) is 42.8 Å².